The van der Waals surface area contributed by atoms with Gasteiger partial charge in [-0.3, -0.25) is 0 Å². The van der Waals surface area contributed by atoms with Crippen LogP contribution in [0.4, 0.5) is 0 Å². The Morgan fingerprint density at radius 2 is 2.07 bits per heavy atom. The summed E-state index contributed by atoms with van der Waals surface area (Å²) < 4.78 is 12.3. The highest BCUT2D eigenvalue weighted by atomic mass is 16.7. The Bertz CT molecular complexity index is 669. The lowest BCUT2D eigenvalue weighted by molar-refractivity contribution is -0.191. The standard InChI is InChI=1S/C26H40O4/c1-2-3-4-9-20(30-26-11-5-6-14-29-26)12-13-21-22-15-18-8-7-10-24(27)23(18)16-19(22)17-25(21)28/h7-8,10,19-22,25-28H,2-6,9,11-17H2,1H3/t19?,20-,21?,22+,25-,26?/m1/s1. The maximum Gasteiger partial charge on any atom is 0.157 e. The number of hydrogen-bond donors (Lipinski definition) is 2. The molecule has 2 N–H and O–H groups in total. The zero-order valence-corrected chi connectivity index (χ0v) is 18.6. The van der Waals surface area contributed by atoms with E-state index in [2.05, 4.69) is 13.0 Å². The first-order valence-corrected chi connectivity index (χ1v) is 12.4. The number of aliphatic hydroxyl groups excluding tert-OH is 1. The van der Waals surface area contributed by atoms with Gasteiger partial charge in [-0.25, -0.2) is 0 Å². The Hall–Kier alpha value is -1.10. The van der Waals surface area contributed by atoms with Gasteiger partial charge in [-0.2, -0.15) is 0 Å². The van der Waals surface area contributed by atoms with Gasteiger partial charge in [0, 0.05) is 6.61 Å². The third-order valence-electron chi connectivity index (χ3n) is 7.80. The van der Waals surface area contributed by atoms with E-state index in [1.807, 2.05) is 6.07 Å². The van der Waals surface area contributed by atoms with E-state index in [0.29, 0.717) is 23.5 Å². The number of benzene rings is 1. The van der Waals surface area contributed by atoms with Gasteiger partial charge in [0.15, 0.2) is 6.29 Å². The van der Waals surface area contributed by atoms with E-state index in [0.717, 1.165) is 63.5 Å². The van der Waals surface area contributed by atoms with E-state index in [4.69, 9.17) is 9.47 Å². The van der Waals surface area contributed by atoms with E-state index in [1.54, 1.807) is 6.07 Å². The molecule has 1 aromatic rings. The monoisotopic (exact) mass is 416 g/mol. The van der Waals surface area contributed by atoms with Gasteiger partial charge >= 0.3 is 0 Å². The van der Waals surface area contributed by atoms with Crippen LogP contribution in [0.5, 0.6) is 5.75 Å². The number of hydrogen-bond acceptors (Lipinski definition) is 4. The molecule has 4 heteroatoms. The van der Waals surface area contributed by atoms with Gasteiger partial charge in [-0.1, -0.05) is 38.3 Å². The van der Waals surface area contributed by atoms with Gasteiger partial charge in [0.25, 0.3) is 0 Å². The fourth-order valence-electron chi connectivity index (χ4n) is 6.13. The molecule has 1 aliphatic heterocycles. The summed E-state index contributed by atoms with van der Waals surface area (Å²) in [5.74, 6) is 1.79. The number of rotatable bonds is 9. The summed E-state index contributed by atoms with van der Waals surface area (Å²) in [6.07, 6.45) is 12.9. The van der Waals surface area contributed by atoms with Crippen LogP contribution in [0.2, 0.25) is 0 Å². The van der Waals surface area contributed by atoms with Crippen LogP contribution in [0.3, 0.4) is 0 Å². The third-order valence-corrected chi connectivity index (χ3v) is 7.80. The maximum absolute atomic E-state index is 10.9. The lowest BCUT2D eigenvalue weighted by Gasteiger charge is -2.33. The predicted octanol–water partition coefficient (Wildman–Crippen LogP) is 5.38. The van der Waals surface area contributed by atoms with Crippen LogP contribution in [0, 0.1) is 17.8 Å². The molecule has 0 radical (unpaired) electrons. The van der Waals surface area contributed by atoms with E-state index in [1.165, 1.54) is 31.2 Å². The number of phenolic OH excluding ortho intramolecular Hbond substituents is 1. The second-order valence-corrected chi connectivity index (χ2v) is 9.84. The van der Waals surface area contributed by atoms with Crippen LogP contribution in [0.25, 0.3) is 0 Å². The zero-order valence-electron chi connectivity index (χ0n) is 18.6. The summed E-state index contributed by atoms with van der Waals surface area (Å²) in [4.78, 5) is 0. The first kappa shape index (κ1) is 22.1. The van der Waals surface area contributed by atoms with Gasteiger partial charge in [0.05, 0.1) is 12.2 Å². The molecule has 0 aromatic heterocycles. The third kappa shape index (κ3) is 5.20. The Labute approximate surface area is 182 Å². The molecule has 1 heterocycles. The van der Waals surface area contributed by atoms with Gasteiger partial charge < -0.3 is 19.7 Å². The van der Waals surface area contributed by atoms with Crippen molar-refractivity contribution in [3.63, 3.8) is 0 Å². The topological polar surface area (TPSA) is 58.9 Å². The number of aliphatic hydroxyl groups is 1. The van der Waals surface area contributed by atoms with Gasteiger partial charge in [-0.05, 0) is 92.7 Å². The Morgan fingerprint density at radius 3 is 2.87 bits per heavy atom. The quantitative estimate of drug-likeness (QED) is 0.531. The highest BCUT2D eigenvalue weighted by Crippen LogP contribution is 2.48. The second kappa shape index (κ2) is 10.5. The largest absolute Gasteiger partial charge is 0.508 e. The average molecular weight is 417 g/mol. The summed E-state index contributed by atoms with van der Waals surface area (Å²) in [5, 5.41) is 21.1. The number of ether oxygens (including phenoxy) is 2. The van der Waals surface area contributed by atoms with Crippen LogP contribution < -0.4 is 0 Å². The van der Waals surface area contributed by atoms with Crippen molar-refractivity contribution in [3.8, 4) is 5.75 Å². The second-order valence-electron chi connectivity index (χ2n) is 9.84. The first-order valence-electron chi connectivity index (χ1n) is 12.4. The molecule has 1 saturated carbocycles. The highest BCUT2D eigenvalue weighted by Gasteiger charge is 2.44. The van der Waals surface area contributed by atoms with E-state index in [-0.39, 0.29) is 18.5 Å². The summed E-state index contributed by atoms with van der Waals surface area (Å²) in [5.41, 5.74) is 2.39. The molecular formula is C26H40O4. The molecule has 3 unspecified atom stereocenters. The summed E-state index contributed by atoms with van der Waals surface area (Å²) in [6.45, 7) is 3.07. The fraction of sp³-hybridized carbons (Fsp3) is 0.769. The molecule has 2 fully saturated rings. The van der Waals surface area contributed by atoms with E-state index in [9.17, 15) is 10.2 Å². The SMILES string of the molecule is CCCCC[C@H](CCC1[C@H]2Cc3cccc(O)c3CC2C[C@H]1O)OC1CCCCO1. The zero-order chi connectivity index (χ0) is 20.9. The molecule has 1 aromatic carbocycles. The molecule has 1 saturated heterocycles. The number of phenols is 1. The Kier molecular flexibility index (Phi) is 7.72. The molecule has 4 rings (SSSR count). The van der Waals surface area contributed by atoms with Crippen LogP contribution in [0.1, 0.15) is 82.3 Å². The van der Waals surface area contributed by atoms with Crippen molar-refractivity contribution in [2.75, 3.05) is 6.61 Å². The summed E-state index contributed by atoms with van der Waals surface area (Å²) >= 11 is 0. The molecule has 2 aliphatic carbocycles. The smallest absolute Gasteiger partial charge is 0.157 e. The fourth-order valence-corrected chi connectivity index (χ4v) is 6.13. The van der Waals surface area contributed by atoms with E-state index < -0.39 is 0 Å². The van der Waals surface area contributed by atoms with Gasteiger partial charge in [0.1, 0.15) is 5.75 Å². The van der Waals surface area contributed by atoms with Crippen molar-refractivity contribution in [2.24, 2.45) is 17.8 Å². The van der Waals surface area contributed by atoms with Crippen LogP contribution in [-0.4, -0.2) is 35.3 Å². The normalized spacial score (nSPS) is 31.9. The number of unbranched alkanes of at least 4 members (excludes halogenated alkanes) is 2. The van der Waals surface area contributed by atoms with Crippen molar-refractivity contribution in [3.05, 3.63) is 29.3 Å². The molecule has 3 aliphatic rings. The summed E-state index contributed by atoms with van der Waals surface area (Å²) in [6, 6.07) is 5.91. The maximum atomic E-state index is 10.9. The minimum Gasteiger partial charge on any atom is -0.508 e. The average Bonchev–Trinajstić information content (AvgIpc) is 3.06. The Balaban J connectivity index is 1.37. The van der Waals surface area contributed by atoms with Crippen molar-refractivity contribution in [1.29, 1.82) is 0 Å². The van der Waals surface area contributed by atoms with Gasteiger partial charge in [-0.15, -0.1) is 0 Å². The van der Waals surface area contributed by atoms with Crippen LogP contribution in [0.15, 0.2) is 18.2 Å². The predicted molar refractivity (Wildman–Crippen MR) is 118 cm³/mol. The molecule has 0 spiro atoms. The van der Waals surface area contributed by atoms with Gasteiger partial charge in [0.2, 0.25) is 0 Å². The lowest BCUT2D eigenvalue weighted by Crippen LogP contribution is -2.30. The first-order chi connectivity index (χ1) is 14.7. The highest BCUT2D eigenvalue weighted by molar-refractivity contribution is 5.42. The molecule has 30 heavy (non-hydrogen) atoms. The molecule has 0 bridgehead atoms. The van der Waals surface area contributed by atoms with Crippen LogP contribution >= 0.6 is 0 Å². The molecule has 168 valence electrons. The minimum atomic E-state index is -0.223. The number of aromatic hydroxyl groups is 1. The van der Waals surface area contributed by atoms with Crippen molar-refractivity contribution >= 4 is 0 Å². The molecular weight excluding hydrogens is 376 g/mol. The Morgan fingerprint density at radius 1 is 1.17 bits per heavy atom. The van der Waals surface area contributed by atoms with Crippen molar-refractivity contribution < 1.29 is 19.7 Å². The van der Waals surface area contributed by atoms with Crippen LogP contribution in [-0.2, 0) is 22.3 Å². The minimum absolute atomic E-state index is 0.0313. The number of fused-ring (bicyclic) bond motifs is 2. The molecule has 0 amide bonds. The molecule has 6 atom stereocenters. The lowest BCUT2D eigenvalue weighted by atomic mass is 9.73. The van der Waals surface area contributed by atoms with Crippen molar-refractivity contribution in [2.45, 2.75) is 102 Å². The van der Waals surface area contributed by atoms with E-state index >= 15 is 0 Å². The summed E-state index contributed by atoms with van der Waals surface area (Å²) in [7, 11) is 0. The molecule has 4 nitrogen and oxygen atoms in total. The van der Waals surface area contributed by atoms with Crippen molar-refractivity contribution in [1.82, 2.24) is 0 Å².